The molecule has 0 radical (unpaired) electrons. The van der Waals surface area contributed by atoms with E-state index in [-0.39, 0.29) is 5.56 Å². The van der Waals surface area contributed by atoms with Crippen molar-refractivity contribution in [3.05, 3.63) is 41.0 Å². The predicted octanol–water partition coefficient (Wildman–Crippen LogP) is 4.91. The Balaban J connectivity index is 2.82. The van der Waals surface area contributed by atoms with E-state index < -0.39 is 6.43 Å². The molecule has 0 atom stereocenters. The summed E-state index contributed by atoms with van der Waals surface area (Å²) < 4.78 is 25.4. The molecule has 1 nitrogen and oxygen atoms in total. The molecule has 0 aromatic heterocycles. The molecule has 0 spiro atoms. The van der Waals surface area contributed by atoms with Crippen molar-refractivity contribution in [2.24, 2.45) is 11.8 Å². The number of halogens is 2. The maximum absolute atomic E-state index is 12.7. The first kappa shape index (κ1) is 16.8. The first-order valence-electron chi connectivity index (χ1n) is 7.19. The van der Waals surface area contributed by atoms with Crippen molar-refractivity contribution < 1.29 is 8.78 Å². The van der Waals surface area contributed by atoms with E-state index in [1.54, 1.807) is 12.1 Å². The summed E-state index contributed by atoms with van der Waals surface area (Å²) in [5.41, 5.74) is 2.16. The third-order valence-electron chi connectivity index (χ3n) is 3.14. The third kappa shape index (κ3) is 5.83. The average molecular weight is 281 g/mol. The van der Waals surface area contributed by atoms with Crippen LogP contribution in [0.3, 0.4) is 0 Å². The van der Waals surface area contributed by atoms with Crippen LogP contribution < -0.4 is 5.32 Å². The monoisotopic (exact) mass is 281 g/mol. The highest BCUT2D eigenvalue weighted by Gasteiger charge is 2.08. The van der Waals surface area contributed by atoms with Gasteiger partial charge in [-0.3, -0.25) is 0 Å². The van der Waals surface area contributed by atoms with Gasteiger partial charge < -0.3 is 5.32 Å². The molecule has 0 bridgehead atoms. The van der Waals surface area contributed by atoms with Gasteiger partial charge in [-0.25, -0.2) is 8.78 Å². The van der Waals surface area contributed by atoms with Gasteiger partial charge in [-0.2, -0.15) is 0 Å². The zero-order valence-electron chi connectivity index (χ0n) is 12.8. The first-order chi connectivity index (χ1) is 9.40. The number of hydrogen-bond acceptors (Lipinski definition) is 1. The van der Waals surface area contributed by atoms with Gasteiger partial charge >= 0.3 is 0 Å². The van der Waals surface area contributed by atoms with Gasteiger partial charge in [0.25, 0.3) is 6.43 Å². The number of alkyl halides is 2. The summed E-state index contributed by atoms with van der Waals surface area (Å²) in [6.45, 7) is 10.3. The van der Waals surface area contributed by atoms with Crippen LogP contribution in [-0.2, 0) is 0 Å². The first-order valence-corrected chi connectivity index (χ1v) is 7.19. The van der Waals surface area contributed by atoms with Gasteiger partial charge in [0.05, 0.1) is 0 Å². The smallest absolute Gasteiger partial charge is 0.263 e. The molecule has 1 aromatic rings. The van der Waals surface area contributed by atoms with Crippen LogP contribution in [0.2, 0.25) is 0 Å². The number of hydrogen-bond donors (Lipinski definition) is 1. The highest BCUT2D eigenvalue weighted by molar-refractivity contribution is 5.54. The predicted molar refractivity (Wildman–Crippen MR) is 81.9 cm³/mol. The minimum atomic E-state index is -2.41. The molecule has 0 aliphatic carbocycles. The topological polar surface area (TPSA) is 12.0 Å². The van der Waals surface area contributed by atoms with Gasteiger partial charge in [0.15, 0.2) is 0 Å². The lowest BCUT2D eigenvalue weighted by atomic mass is 9.99. The lowest BCUT2D eigenvalue weighted by Gasteiger charge is -2.14. The van der Waals surface area contributed by atoms with Gasteiger partial charge in [0.1, 0.15) is 0 Å². The molecule has 0 aliphatic rings. The SMILES string of the molecule is CC(C)CNC/C(=C/c1cccc(C(F)F)c1)C(C)C. The van der Waals surface area contributed by atoms with Crippen LogP contribution >= 0.6 is 0 Å². The second-order valence-electron chi connectivity index (χ2n) is 5.87. The molecule has 3 heteroatoms. The van der Waals surface area contributed by atoms with E-state index in [1.165, 1.54) is 11.6 Å². The number of benzene rings is 1. The molecule has 0 amide bonds. The average Bonchev–Trinajstić information content (AvgIpc) is 2.37. The Morgan fingerprint density at radius 3 is 2.45 bits per heavy atom. The largest absolute Gasteiger partial charge is 0.313 e. The van der Waals surface area contributed by atoms with Crippen molar-refractivity contribution in [1.29, 1.82) is 0 Å². The van der Waals surface area contributed by atoms with Gasteiger partial charge in [-0.15, -0.1) is 0 Å². The summed E-state index contributed by atoms with van der Waals surface area (Å²) in [5.74, 6) is 0.996. The summed E-state index contributed by atoms with van der Waals surface area (Å²) in [6, 6.07) is 6.59. The molecular weight excluding hydrogens is 256 g/mol. The van der Waals surface area contributed by atoms with Crippen LogP contribution in [0.5, 0.6) is 0 Å². The normalized spacial score (nSPS) is 12.8. The molecular formula is C17H25F2N. The van der Waals surface area contributed by atoms with Crippen LogP contribution in [0, 0.1) is 11.8 Å². The summed E-state index contributed by atoms with van der Waals surface area (Å²) in [5, 5.41) is 3.41. The zero-order valence-corrected chi connectivity index (χ0v) is 12.8. The molecule has 1 rings (SSSR count). The van der Waals surface area contributed by atoms with E-state index >= 15 is 0 Å². The maximum atomic E-state index is 12.7. The summed E-state index contributed by atoms with van der Waals surface area (Å²) in [7, 11) is 0. The second kappa shape index (κ2) is 8.15. The van der Waals surface area contributed by atoms with Gasteiger partial charge in [-0.05, 0) is 30.0 Å². The minimum Gasteiger partial charge on any atom is -0.313 e. The van der Waals surface area contributed by atoms with Crippen molar-refractivity contribution in [2.75, 3.05) is 13.1 Å². The van der Waals surface area contributed by atoms with E-state index in [4.69, 9.17) is 0 Å². The van der Waals surface area contributed by atoms with Crippen LogP contribution in [0.15, 0.2) is 29.8 Å². The lowest BCUT2D eigenvalue weighted by Crippen LogP contribution is -2.23. The minimum absolute atomic E-state index is 0.0806. The van der Waals surface area contributed by atoms with E-state index in [2.05, 4.69) is 33.0 Å². The summed E-state index contributed by atoms with van der Waals surface area (Å²) >= 11 is 0. The Hall–Kier alpha value is -1.22. The molecule has 0 heterocycles. The Labute approximate surface area is 121 Å². The molecule has 0 unspecified atom stereocenters. The summed E-state index contributed by atoms with van der Waals surface area (Å²) in [6.07, 6.45) is -0.394. The van der Waals surface area contributed by atoms with Crippen LogP contribution in [-0.4, -0.2) is 13.1 Å². The van der Waals surface area contributed by atoms with Crippen LogP contribution in [0.4, 0.5) is 8.78 Å². The second-order valence-corrected chi connectivity index (χ2v) is 5.87. The van der Waals surface area contributed by atoms with E-state index in [0.717, 1.165) is 18.7 Å². The Bertz CT molecular complexity index is 436. The van der Waals surface area contributed by atoms with E-state index in [9.17, 15) is 8.78 Å². The Morgan fingerprint density at radius 1 is 1.20 bits per heavy atom. The molecule has 1 N–H and O–H groups in total. The van der Waals surface area contributed by atoms with Crippen LogP contribution in [0.1, 0.15) is 45.2 Å². The molecule has 1 aromatic carbocycles. The Morgan fingerprint density at radius 2 is 1.90 bits per heavy atom. The molecule has 0 saturated carbocycles. The van der Waals surface area contributed by atoms with E-state index in [0.29, 0.717) is 11.8 Å². The van der Waals surface area contributed by atoms with Crippen molar-refractivity contribution in [3.8, 4) is 0 Å². The fourth-order valence-corrected chi connectivity index (χ4v) is 1.93. The van der Waals surface area contributed by atoms with Crippen LogP contribution in [0.25, 0.3) is 6.08 Å². The standard InChI is InChI=1S/C17H25F2N/c1-12(2)10-20-11-16(13(3)4)9-14-6-5-7-15(8-14)17(18)19/h5-9,12-13,17,20H,10-11H2,1-4H3/b16-9-. The fourth-order valence-electron chi connectivity index (χ4n) is 1.93. The number of rotatable bonds is 7. The van der Waals surface area contributed by atoms with Gasteiger partial charge in [-0.1, -0.05) is 57.5 Å². The number of nitrogens with one attached hydrogen (secondary N) is 1. The molecule has 0 saturated heterocycles. The maximum Gasteiger partial charge on any atom is 0.263 e. The molecule has 112 valence electrons. The highest BCUT2D eigenvalue weighted by Crippen LogP contribution is 2.21. The third-order valence-corrected chi connectivity index (χ3v) is 3.14. The quantitative estimate of drug-likeness (QED) is 0.749. The van der Waals surface area contributed by atoms with Crippen molar-refractivity contribution in [1.82, 2.24) is 5.32 Å². The van der Waals surface area contributed by atoms with Gasteiger partial charge in [0, 0.05) is 12.1 Å². The van der Waals surface area contributed by atoms with Gasteiger partial charge in [0.2, 0.25) is 0 Å². The lowest BCUT2D eigenvalue weighted by molar-refractivity contribution is 0.151. The fraction of sp³-hybridized carbons (Fsp3) is 0.529. The zero-order chi connectivity index (χ0) is 15.1. The molecule has 20 heavy (non-hydrogen) atoms. The molecule has 0 fully saturated rings. The highest BCUT2D eigenvalue weighted by atomic mass is 19.3. The Kier molecular flexibility index (Phi) is 6.86. The van der Waals surface area contributed by atoms with Crippen molar-refractivity contribution >= 4 is 6.08 Å². The molecule has 0 aliphatic heterocycles. The van der Waals surface area contributed by atoms with E-state index in [1.807, 2.05) is 12.1 Å². The van der Waals surface area contributed by atoms with Crippen molar-refractivity contribution in [3.63, 3.8) is 0 Å². The summed E-state index contributed by atoms with van der Waals surface area (Å²) in [4.78, 5) is 0. The van der Waals surface area contributed by atoms with Crippen molar-refractivity contribution in [2.45, 2.75) is 34.1 Å².